The highest BCUT2D eigenvalue weighted by molar-refractivity contribution is 6.58. The number of primary amides is 1. The maximum atomic E-state index is 13.3. The number of hydrogen-bond donors (Lipinski definition) is 5. The van der Waals surface area contributed by atoms with Crippen LogP contribution in [0.4, 0.5) is 4.79 Å². The van der Waals surface area contributed by atoms with Crippen molar-refractivity contribution in [2.45, 2.75) is 57.0 Å². The molecule has 1 aromatic carbocycles. The fourth-order valence-corrected chi connectivity index (χ4v) is 4.07. The van der Waals surface area contributed by atoms with Crippen molar-refractivity contribution in [3.63, 3.8) is 0 Å². The number of rotatable bonds is 18. The van der Waals surface area contributed by atoms with Gasteiger partial charge >= 0.3 is 6.03 Å². The van der Waals surface area contributed by atoms with Crippen LogP contribution >= 0.6 is 0 Å². The molecule has 0 aromatic heterocycles. The zero-order valence-electron chi connectivity index (χ0n) is 22.7. The first-order valence-electron chi connectivity index (χ1n) is 13.3. The summed E-state index contributed by atoms with van der Waals surface area (Å²) in [4.78, 5) is 85.2. The highest BCUT2D eigenvalue weighted by Crippen LogP contribution is 2.09. The second-order valence-corrected chi connectivity index (χ2v) is 9.46. The first kappa shape index (κ1) is 32.7. The molecular formula is C27H35BN6O7. The lowest BCUT2D eigenvalue weighted by atomic mass is 10.0. The topological polar surface area (TPSA) is 197 Å². The van der Waals surface area contributed by atoms with Gasteiger partial charge in [0.1, 0.15) is 12.1 Å². The van der Waals surface area contributed by atoms with Gasteiger partial charge in [0.2, 0.25) is 17.7 Å². The zero-order chi connectivity index (χ0) is 30.2. The number of carbonyl (C=O) groups excluding carboxylic acids is 7. The van der Waals surface area contributed by atoms with E-state index in [0.29, 0.717) is 19.3 Å². The van der Waals surface area contributed by atoms with Crippen LogP contribution in [0.15, 0.2) is 42.5 Å². The third kappa shape index (κ3) is 12.5. The molecule has 2 radical (unpaired) electrons. The molecule has 218 valence electrons. The number of amides is 7. The van der Waals surface area contributed by atoms with E-state index in [1.807, 2.05) is 6.07 Å². The van der Waals surface area contributed by atoms with Gasteiger partial charge in [-0.2, -0.15) is 0 Å². The summed E-state index contributed by atoms with van der Waals surface area (Å²) in [6.07, 6.45) is 4.70. The summed E-state index contributed by atoms with van der Waals surface area (Å²) in [6, 6.07) is 6.19. The van der Waals surface area contributed by atoms with Crippen molar-refractivity contribution in [2.24, 2.45) is 5.73 Å². The van der Waals surface area contributed by atoms with E-state index in [-0.39, 0.29) is 56.5 Å². The molecule has 0 unspecified atom stereocenters. The van der Waals surface area contributed by atoms with Crippen LogP contribution in [0.2, 0.25) is 0 Å². The van der Waals surface area contributed by atoms with Gasteiger partial charge in [-0.3, -0.25) is 28.9 Å². The molecule has 0 spiro atoms. The number of nitrogens with zero attached hydrogens (tertiary/aromatic N) is 1. The molecule has 2 atom stereocenters. The van der Waals surface area contributed by atoms with Gasteiger partial charge in [0.05, 0.1) is 12.2 Å². The summed E-state index contributed by atoms with van der Waals surface area (Å²) in [6.45, 7) is -0.00339. The molecule has 1 aliphatic rings. The minimum Gasteiger partial charge on any atom is -0.352 e. The van der Waals surface area contributed by atoms with Crippen LogP contribution in [0.3, 0.4) is 0 Å². The predicted molar refractivity (Wildman–Crippen MR) is 149 cm³/mol. The average Bonchev–Trinajstić information content (AvgIpc) is 3.25. The Labute approximate surface area is 239 Å². The van der Waals surface area contributed by atoms with Gasteiger partial charge in [0.25, 0.3) is 11.8 Å². The summed E-state index contributed by atoms with van der Waals surface area (Å²) < 4.78 is 0. The van der Waals surface area contributed by atoms with Crippen molar-refractivity contribution in [2.75, 3.05) is 19.6 Å². The predicted octanol–water partition coefficient (Wildman–Crippen LogP) is -1.06. The molecular weight excluding hydrogens is 531 g/mol. The minimum atomic E-state index is -1.07. The van der Waals surface area contributed by atoms with Crippen LogP contribution < -0.4 is 27.0 Å². The second kappa shape index (κ2) is 17.3. The molecule has 14 heteroatoms. The number of nitrogens with one attached hydrogen (secondary N) is 4. The Hall–Kier alpha value is -4.49. The number of urea groups is 1. The summed E-state index contributed by atoms with van der Waals surface area (Å²) in [5.41, 5.74) is 5.08. The van der Waals surface area contributed by atoms with Gasteiger partial charge < -0.3 is 31.8 Å². The van der Waals surface area contributed by atoms with E-state index in [0.717, 1.165) is 10.5 Å². The molecule has 0 bridgehead atoms. The van der Waals surface area contributed by atoms with Crippen LogP contribution in [0.5, 0.6) is 0 Å². The number of nitrogens with two attached hydrogens (primary N) is 1. The van der Waals surface area contributed by atoms with Gasteiger partial charge in [-0.15, -0.1) is 0 Å². The Morgan fingerprint density at radius 2 is 1.51 bits per heavy atom. The van der Waals surface area contributed by atoms with E-state index in [2.05, 4.69) is 21.3 Å². The maximum absolute atomic E-state index is 13.3. The normalized spacial score (nSPS) is 13.8. The molecule has 0 fully saturated rings. The van der Waals surface area contributed by atoms with Crippen LogP contribution in [0, 0.1) is 0 Å². The lowest BCUT2D eigenvalue weighted by Gasteiger charge is -2.23. The molecule has 0 saturated carbocycles. The molecule has 0 aliphatic carbocycles. The third-order valence-electron chi connectivity index (χ3n) is 6.16. The van der Waals surface area contributed by atoms with Gasteiger partial charge in [0.15, 0.2) is 7.85 Å². The van der Waals surface area contributed by atoms with E-state index in [4.69, 9.17) is 13.6 Å². The highest BCUT2D eigenvalue weighted by atomic mass is 16.2. The maximum Gasteiger partial charge on any atom is 0.312 e. The monoisotopic (exact) mass is 566 g/mol. The van der Waals surface area contributed by atoms with Gasteiger partial charge in [-0.05, 0) is 31.2 Å². The molecule has 13 nitrogen and oxygen atoms in total. The quantitative estimate of drug-likeness (QED) is 0.0848. The Morgan fingerprint density at radius 1 is 0.829 bits per heavy atom. The Balaban J connectivity index is 1.98. The summed E-state index contributed by atoms with van der Waals surface area (Å²) in [5.74, 6) is -2.34. The van der Waals surface area contributed by atoms with Crippen molar-refractivity contribution in [3.8, 4) is 0 Å². The van der Waals surface area contributed by atoms with Gasteiger partial charge in [-0.1, -0.05) is 36.8 Å². The highest BCUT2D eigenvalue weighted by Gasteiger charge is 2.27. The van der Waals surface area contributed by atoms with E-state index in [1.54, 1.807) is 24.3 Å². The number of benzene rings is 1. The standard InChI is InChI=1S/C27H35BN6O7/c28-21(35)17-31-25(39)19(10-7-14-30-27(29)41)33-26(40)20(16-18-8-3-1-4-9-18)32-22(36)11-5-2-6-15-34-23(37)12-13-24(34)38/h1,3-4,8-9,12-13,19-20H,2,5-7,10-11,14-17H2,(H,31,39)(H,32,36)(H,33,40)(H3,29,30,41)/t19-,20-/m0/s1. The fraction of sp³-hybridized carbons (Fsp3) is 0.444. The number of carbonyl (C=O) groups is 7. The fourth-order valence-electron chi connectivity index (χ4n) is 4.07. The largest absolute Gasteiger partial charge is 0.352 e. The summed E-state index contributed by atoms with van der Waals surface area (Å²) >= 11 is 0. The van der Waals surface area contributed by atoms with Crippen molar-refractivity contribution in [1.29, 1.82) is 0 Å². The Bertz CT molecular complexity index is 1130. The summed E-state index contributed by atoms with van der Waals surface area (Å²) in [5, 5.41) is 10.1. The molecule has 1 aromatic rings. The molecule has 2 rings (SSSR count). The van der Waals surface area contributed by atoms with Crippen LogP contribution in [-0.4, -0.2) is 85.7 Å². The van der Waals surface area contributed by atoms with Crippen LogP contribution in [0.1, 0.15) is 44.1 Å². The van der Waals surface area contributed by atoms with Crippen molar-refractivity contribution in [3.05, 3.63) is 48.0 Å². The van der Waals surface area contributed by atoms with Crippen molar-refractivity contribution < 1.29 is 33.6 Å². The number of unbranched alkanes of at least 4 members (excludes halogenated alkanes) is 2. The minimum absolute atomic E-state index is 0.111. The Kier molecular flexibility index (Phi) is 13.8. The second-order valence-electron chi connectivity index (χ2n) is 9.46. The van der Waals surface area contributed by atoms with E-state index < -0.39 is 42.2 Å². The first-order chi connectivity index (χ1) is 19.6. The molecule has 6 N–H and O–H groups in total. The number of hydrogen-bond acceptors (Lipinski definition) is 7. The van der Waals surface area contributed by atoms with Gasteiger partial charge in [-0.25, -0.2) is 4.79 Å². The Morgan fingerprint density at radius 3 is 2.15 bits per heavy atom. The number of imide groups is 1. The molecule has 1 heterocycles. The lowest BCUT2D eigenvalue weighted by Crippen LogP contribution is -2.55. The smallest absolute Gasteiger partial charge is 0.312 e. The average molecular weight is 566 g/mol. The molecule has 0 saturated heterocycles. The van der Waals surface area contributed by atoms with E-state index in [1.165, 1.54) is 12.2 Å². The van der Waals surface area contributed by atoms with Crippen molar-refractivity contribution >= 4 is 49.1 Å². The zero-order valence-corrected chi connectivity index (χ0v) is 22.7. The molecule has 1 aliphatic heterocycles. The van der Waals surface area contributed by atoms with Crippen molar-refractivity contribution in [1.82, 2.24) is 26.2 Å². The van der Waals surface area contributed by atoms with E-state index >= 15 is 0 Å². The molecule has 7 amide bonds. The third-order valence-corrected chi connectivity index (χ3v) is 6.16. The SMILES string of the molecule is [B]C(=O)CNC(=O)[C@H](CCCNC(N)=O)NC(=O)[C@H](Cc1ccccc1)NC(=O)CCCCCN1C(=O)C=CC1=O. The summed E-state index contributed by atoms with van der Waals surface area (Å²) in [7, 11) is 5.10. The van der Waals surface area contributed by atoms with Crippen LogP contribution in [0.25, 0.3) is 0 Å². The molecule has 41 heavy (non-hydrogen) atoms. The lowest BCUT2D eigenvalue weighted by molar-refractivity contribution is -0.137. The van der Waals surface area contributed by atoms with Gasteiger partial charge in [0, 0.05) is 38.1 Å². The van der Waals surface area contributed by atoms with E-state index in [9.17, 15) is 33.6 Å². The first-order valence-corrected chi connectivity index (χ1v) is 13.3. The van der Waals surface area contributed by atoms with Crippen LogP contribution in [-0.2, 0) is 35.2 Å².